The maximum atomic E-state index is 5.67. The maximum absolute atomic E-state index is 5.67. The molecule has 2 rings (SSSR count). The van der Waals surface area contributed by atoms with Crippen LogP contribution in [0.2, 0.25) is 0 Å². The van der Waals surface area contributed by atoms with Crippen molar-refractivity contribution in [3.8, 4) is 5.75 Å². The molecule has 0 aliphatic heterocycles. The van der Waals surface area contributed by atoms with E-state index in [1.807, 2.05) is 23.9 Å². The molecule has 0 saturated heterocycles. The molecule has 0 radical (unpaired) electrons. The monoisotopic (exact) mass is 252 g/mol. The molecule has 1 N–H and O–H groups in total. The van der Waals surface area contributed by atoms with E-state index in [9.17, 15) is 0 Å². The number of aromatic nitrogens is 1. The first-order valence-electron chi connectivity index (χ1n) is 6.16. The number of rotatable bonds is 7. The summed E-state index contributed by atoms with van der Waals surface area (Å²) >= 11 is 1.95. The summed E-state index contributed by atoms with van der Waals surface area (Å²) in [6, 6.07) is 3.89. The minimum Gasteiger partial charge on any atom is -0.490 e. The first-order valence-corrected chi connectivity index (χ1v) is 7.39. The first-order chi connectivity index (χ1) is 8.29. The van der Waals surface area contributed by atoms with Crippen LogP contribution in [0.5, 0.6) is 5.75 Å². The highest BCUT2D eigenvalue weighted by atomic mass is 32.2. The quantitative estimate of drug-likeness (QED) is 0.808. The molecule has 1 aromatic heterocycles. The van der Waals surface area contributed by atoms with Crippen molar-refractivity contribution >= 4 is 17.6 Å². The predicted octanol–water partition coefficient (Wildman–Crippen LogP) is 3.18. The Labute approximate surface area is 107 Å². The van der Waals surface area contributed by atoms with Gasteiger partial charge in [0.05, 0.1) is 6.61 Å². The maximum Gasteiger partial charge on any atom is 0.168 e. The van der Waals surface area contributed by atoms with Crippen molar-refractivity contribution in [2.75, 3.05) is 24.7 Å². The van der Waals surface area contributed by atoms with Crippen molar-refractivity contribution in [1.29, 1.82) is 0 Å². The van der Waals surface area contributed by atoms with Crippen molar-refractivity contribution in [2.24, 2.45) is 0 Å². The van der Waals surface area contributed by atoms with Gasteiger partial charge in [-0.3, -0.25) is 0 Å². The Morgan fingerprint density at radius 1 is 1.53 bits per heavy atom. The molecule has 3 nitrogen and oxygen atoms in total. The second-order valence-corrected chi connectivity index (χ2v) is 5.71. The summed E-state index contributed by atoms with van der Waals surface area (Å²) in [4.78, 5) is 4.35. The highest BCUT2D eigenvalue weighted by Crippen LogP contribution is 2.47. The number of hydrogen-bond acceptors (Lipinski definition) is 4. The normalized spacial score (nSPS) is 16.6. The fourth-order valence-corrected chi connectivity index (χ4v) is 2.42. The van der Waals surface area contributed by atoms with Crippen LogP contribution in [-0.4, -0.2) is 29.1 Å². The molecular formula is C13H20N2OS. The zero-order chi connectivity index (χ0) is 12.1. The lowest BCUT2D eigenvalue weighted by Crippen LogP contribution is -2.18. The fraction of sp³-hybridized carbons (Fsp3) is 0.615. The third-order valence-electron chi connectivity index (χ3n) is 3.05. The van der Waals surface area contributed by atoms with Crippen molar-refractivity contribution in [2.45, 2.75) is 30.9 Å². The van der Waals surface area contributed by atoms with Crippen LogP contribution in [0.3, 0.4) is 0 Å². The van der Waals surface area contributed by atoms with Gasteiger partial charge in [0.2, 0.25) is 0 Å². The summed E-state index contributed by atoms with van der Waals surface area (Å²) in [5, 5.41) is 3.42. The Hall–Kier alpha value is -0.900. The first kappa shape index (κ1) is 12.6. The van der Waals surface area contributed by atoms with Gasteiger partial charge < -0.3 is 10.1 Å². The number of nitrogens with one attached hydrogen (secondary N) is 1. The molecule has 0 aromatic carbocycles. The largest absolute Gasteiger partial charge is 0.490 e. The second-order valence-electron chi connectivity index (χ2n) is 4.44. The Morgan fingerprint density at radius 2 is 2.35 bits per heavy atom. The second kappa shape index (κ2) is 5.63. The van der Waals surface area contributed by atoms with Crippen LogP contribution in [0.4, 0.5) is 5.82 Å². The van der Waals surface area contributed by atoms with Gasteiger partial charge in [-0.1, -0.05) is 6.92 Å². The van der Waals surface area contributed by atoms with Gasteiger partial charge >= 0.3 is 0 Å². The van der Waals surface area contributed by atoms with Gasteiger partial charge in [0.25, 0.3) is 0 Å². The van der Waals surface area contributed by atoms with Crippen LogP contribution in [-0.2, 0) is 0 Å². The molecule has 0 bridgehead atoms. The molecule has 4 heteroatoms. The smallest absolute Gasteiger partial charge is 0.168 e. The summed E-state index contributed by atoms with van der Waals surface area (Å²) in [5.41, 5.74) is 0. The molecule has 17 heavy (non-hydrogen) atoms. The molecule has 1 heterocycles. The predicted molar refractivity (Wildman–Crippen MR) is 74.0 cm³/mol. The van der Waals surface area contributed by atoms with E-state index >= 15 is 0 Å². The van der Waals surface area contributed by atoms with Crippen molar-refractivity contribution < 1.29 is 4.74 Å². The summed E-state index contributed by atoms with van der Waals surface area (Å²) in [7, 11) is 0. The Bertz CT molecular complexity index is 366. The van der Waals surface area contributed by atoms with Crippen LogP contribution in [0.1, 0.15) is 26.2 Å². The van der Waals surface area contributed by atoms with Crippen molar-refractivity contribution in [3.63, 3.8) is 0 Å². The lowest BCUT2D eigenvalue weighted by molar-refractivity contribution is 0.318. The molecule has 0 spiro atoms. The van der Waals surface area contributed by atoms with E-state index in [0.29, 0.717) is 4.75 Å². The van der Waals surface area contributed by atoms with Crippen molar-refractivity contribution in [3.05, 3.63) is 18.3 Å². The molecule has 1 aliphatic rings. The van der Waals surface area contributed by atoms with E-state index in [1.165, 1.54) is 12.8 Å². The number of thioether (sulfide) groups is 1. The molecule has 1 fully saturated rings. The molecule has 1 saturated carbocycles. The molecule has 0 atom stereocenters. The van der Waals surface area contributed by atoms with E-state index in [1.54, 1.807) is 6.20 Å². The number of pyridine rings is 1. The van der Waals surface area contributed by atoms with Crippen LogP contribution >= 0.6 is 11.8 Å². The summed E-state index contributed by atoms with van der Waals surface area (Å²) in [6.45, 7) is 3.83. The zero-order valence-corrected chi connectivity index (χ0v) is 11.3. The van der Waals surface area contributed by atoms with E-state index in [4.69, 9.17) is 4.74 Å². The lowest BCUT2D eigenvalue weighted by atomic mass is 10.3. The van der Waals surface area contributed by atoms with E-state index in [2.05, 4.69) is 23.5 Å². The molecular weight excluding hydrogens is 232 g/mol. The summed E-state index contributed by atoms with van der Waals surface area (Å²) < 4.78 is 6.12. The minimum absolute atomic E-state index is 0.444. The van der Waals surface area contributed by atoms with Gasteiger partial charge in [-0.05, 0) is 37.7 Å². The number of hydrogen-bond donors (Lipinski definition) is 1. The third-order valence-corrected chi connectivity index (χ3v) is 4.47. The van der Waals surface area contributed by atoms with E-state index in [0.717, 1.165) is 31.1 Å². The Balaban J connectivity index is 1.94. The van der Waals surface area contributed by atoms with Gasteiger partial charge in [0.15, 0.2) is 11.6 Å². The lowest BCUT2D eigenvalue weighted by Gasteiger charge is -2.15. The van der Waals surface area contributed by atoms with Gasteiger partial charge in [-0.25, -0.2) is 4.98 Å². The van der Waals surface area contributed by atoms with Crippen LogP contribution < -0.4 is 10.1 Å². The van der Waals surface area contributed by atoms with Crippen LogP contribution in [0.15, 0.2) is 18.3 Å². The average molecular weight is 252 g/mol. The average Bonchev–Trinajstić information content (AvgIpc) is 3.15. The van der Waals surface area contributed by atoms with Crippen LogP contribution in [0, 0.1) is 0 Å². The highest BCUT2D eigenvalue weighted by molar-refractivity contribution is 8.00. The SMILES string of the molecule is CCCOc1cccnc1NCC1(SC)CC1. The Morgan fingerprint density at radius 3 is 3.00 bits per heavy atom. The van der Waals surface area contributed by atoms with Gasteiger partial charge in [0.1, 0.15) is 0 Å². The van der Waals surface area contributed by atoms with Crippen molar-refractivity contribution in [1.82, 2.24) is 4.98 Å². The number of nitrogens with zero attached hydrogens (tertiary/aromatic N) is 1. The topological polar surface area (TPSA) is 34.1 Å². The summed E-state index contributed by atoms with van der Waals surface area (Å²) in [6.07, 6.45) is 7.61. The zero-order valence-electron chi connectivity index (χ0n) is 10.5. The number of ether oxygens (including phenoxy) is 1. The molecule has 1 aromatic rings. The van der Waals surface area contributed by atoms with E-state index in [-0.39, 0.29) is 0 Å². The molecule has 94 valence electrons. The highest BCUT2D eigenvalue weighted by Gasteiger charge is 2.41. The molecule has 0 amide bonds. The minimum atomic E-state index is 0.444. The van der Waals surface area contributed by atoms with Crippen LogP contribution in [0.25, 0.3) is 0 Å². The fourth-order valence-electron chi connectivity index (χ4n) is 1.69. The van der Waals surface area contributed by atoms with Gasteiger partial charge in [0, 0.05) is 17.5 Å². The standard InChI is InChI=1S/C13H20N2OS/c1-3-9-16-11-5-4-8-14-12(11)15-10-13(17-2)6-7-13/h4-5,8H,3,6-7,9-10H2,1-2H3,(H,14,15). The van der Waals surface area contributed by atoms with E-state index < -0.39 is 0 Å². The van der Waals surface area contributed by atoms with Gasteiger partial charge in [-0.15, -0.1) is 0 Å². The van der Waals surface area contributed by atoms with Gasteiger partial charge in [-0.2, -0.15) is 11.8 Å². The molecule has 1 aliphatic carbocycles. The number of anilines is 1. The molecule has 0 unspecified atom stereocenters. The summed E-state index contributed by atoms with van der Waals surface area (Å²) in [5.74, 6) is 1.74. The Kier molecular flexibility index (Phi) is 4.15. The third kappa shape index (κ3) is 3.28.